The summed E-state index contributed by atoms with van der Waals surface area (Å²) in [5.74, 6) is 0.933. The first-order valence-corrected chi connectivity index (χ1v) is 6.34. The third-order valence-electron chi connectivity index (χ3n) is 3.56. The van der Waals surface area contributed by atoms with Crippen molar-refractivity contribution in [3.63, 3.8) is 0 Å². The molecule has 0 bridgehead atoms. The van der Waals surface area contributed by atoms with E-state index in [2.05, 4.69) is 29.4 Å². The van der Waals surface area contributed by atoms with Gasteiger partial charge < -0.3 is 10.1 Å². The first kappa shape index (κ1) is 12.4. The SMILES string of the molecule is CNC1CCN(Cc2ccc(OC)cc2)CC1. The van der Waals surface area contributed by atoms with Crippen molar-refractivity contribution < 1.29 is 4.74 Å². The zero-order valence-electron chi connectivity index (χ0n) is 10.8. The summed E-state index contributed by atoms with van der Waals surface area (Å²) < 4.78 is 5.17. The van der Waals surface area contributed by atoms with E-state index < -0.39 is 0 Å². The predicted molar refractivity (Wildman–Crippen MR) is 70.4 cm³/mol. The highest BCUT2D eigenvalue weighted by Gasteiger charge is 2.17. The van der Waals surface area contributed by atoms with Gasteiger partial charge in [-0.15, -0.1) is 0 Å². The summed E-state index contributed by atoms with van der Waals surface area (Å²) in [6.07, 6.45) is 2.51. The van der Waals surface area contributed by atoms with Crippen LogP contribution in [0.15, 0.2) is 24.3 Å². The van der Waals surface area contributed by atoms with Gasteiger partial charge in [-0.1, -0.05) is 12.1 Å². The lowest BCUT2D eigenvalue weighted by molar-refractivity contribution is 0.194. The Morgan fingerprint density at radius 2 is 1.88 bits per heavy atom. The second-order valence-corrected chi connectivity index (χ2v) is 4.69. The number of hydrogen-bond donors (Lipinski definition) is 1. The monoisotopic (exact) mass is 234 g/mol. The van der Waals surface area contributed by atoms with Crippen molar-refractivity contribution in [1.29, 1.82) is 0 Å². The van der Waals surface area contributed by atoms with Crippen LogP contribution in [0.3, 0.4) is 0 Å². The topological polar surface area (TPSA) is 24.5 Å². The van der Waals surface area contributed by atoms with Crippen LogP contribution in [-0.2, 0) is 6.54 Å². The van der Waals surface area contributed by atoms with E-state index in [9.17, 15) is 0 Å². The fraction of sp³-hybridized carbons (Fsp3) is 0.571. The molecule has 0 amide bonds. The van der Waals surface area contributed by atoms with E-state index in [-0.39, 0.29) is 0 Å². The second-order valence-electron chi connectivity index (χ2n) is 4.69. The largest absolute Gasteiger partial charge is 0.497 e. The lowest BCUT2D eigenvalue weighted by Crippen LogP contribution is -2.40. The molecule has 1 N–H and O–H groups in total. The molecule has 1 fully saturated rings. The van der Waals surface area contributed by atoms with Crippen molar-refractivity contribution in [1.82, 2.24) is 10.2 Å². The highest BCUT2D eigenvalue weighted by molar-refractivity contribution is 5.27. The molecule has 0 aliphatic carbocycles. The zero-order chi connectivity index (χ0) is 12.1. The Hall–Kier alpha value is -1.06. The van der Waals surface area contributed by atoms with Gasteiger partial charge in [-0.25, -0.2) is 0 Å². The van der Waals surface area contributed by atoms with E-state index in [1.165, 1.54) is 31.5 Å². The van der Waals surface area contributed by atoms with Gasteiger partial charge in [0.15, 0.2) is 0 Å². The number of likely N-dealkylation sites (tertiary alicyclic amines) is 1. The Balaban J connectivity index is 1.84. The smallest absolute Gasteiger partial charge is 0.118 e. The van der Waals surface area contributed by atoms with Crippen molar-refractivity contribution in [2.75, 3.05) is 27.2 Å². The summed E-state index contributed by atoms with van der Waals surface area (Å²) in [7, 11) is 3.77. The van der Waals surface area contributed by atoms with Gasteiger partial charge in [0.2, 0.25) is 0 Å². The highest BCUT2D eigenvalue weighted by Crippen LogP contribution is 2.16. The molecule has 1 aromatic rings. The van der Waals surface area contributed by atoms with Crippen LogP contribution in [0.25, 0.3) is 0 Å². The van der Waals surface area contributed by atoms with Gasteiger partial charge in [-0.05, 0) is 50.7 Å². The molecule has 0 aromatic heterocycles. The number of rotatable bonds is 4. The summed E-state index contributed by atoms with van der Waals surface area (Å²) in [6, 6.07) is 9.10. The molecular formula is C14H22N2O. The Labute approximate surface area is 104 Å². The molecule has 3 nitrogen and oxygen atoms in total. The standard InChI is InChI=1S/C14H22N2O/c1-15-13-7-9-16(10-8-13)11-12-3-5-14(17-2)6-4-12/h3-6,13,15H,7-11H2,1-2H3. The molecule has 3 heteroatoms. The van der Waals surface area contributed by atoms with E-state index >= 15 is 0 Å². The zero-order valence-corrected chi connectivity index (χ0v) is 10.8. The summed E-state index contributed by atoms with van der Waals surface area (Å²) in [5.41, 5.74) is 1.37. The Morgan fingerprint density at radius 3 is 2.41 bits per heavy atom. The molecule has 1 aromatic carbocycles. The van der Waals surface area contributed by atoms with Crippen LogP contribution in [0.2, 0.25) is 0 Å². The van der Waals surface area contributed by atoms with Crippen LogP contribution in [0, 0.1) is 0 Å². The quantitative estimate of drug-likeness (QED) is 0.861. The minimum atomic E-state index is 0.710. The second kappa shape index (κ2) is 6.03. The number of ether oxygens (including phenoxy) is 1. The summed E-state index contributed by atoms with van der Waals surface area (Å²) in [5, 5.41) is 3.36. The maximum Gasteiger partial charge on any atom is 0.118 e. The Bertz CT molecular complexity index is 329. The van der Waals surface area contributed by atoms with Crippen molar-refractivity contribution in [2.45, 2.75) is 25.4 Å². The van der Waals surface area contributed by atoms with Crippen molar-refractivity contribution in [3.05, 3.63) is 29.8 Å². The van der Waals surface area contributed by atoms with Crippen LogP contribution in [0.1, 0.15) is 18.4 Å². The first-order chi connectivity index (χ1) is 8.31. The van der Waals surface area contributed by atoms with E-state index in [1.54, 1.807) is 7.11 Å². The van der Waals surface area contributed by atoms with Gasteiger partial charge in [0.1, 0.15) is 5.75 Å². The molecule has 1 aliphatic rings. The van der Waals surface area contributed by atoms with Crippen LogP contribution in [-0.4, -0.2) is 38.2 Å². The number of hydrogen-bond acceptors (Lipinski definition) is 3. The summed E-state index contributed by atoms with van der Waals surface area (Å²) >= 11 is 0. The molecule has 0 spiro atoms. The van der Waals surface area contributed by atoms with Crippen LogP contribution >= 0.6 is 0 Å². The van der Waals surface area contributed by atoms with E-state index in [1.807, 2.05) is 12.1 Å². The van der Waals surface area contributed by atoms with Gasteiger partial charge in [-0.2, -0.15) is 0 Å². The number of nitrogens with zero attached hydrogens (tertiary/aromatic N) is 1. The third-order valence-corrected chi connectivity index (χ3v) is 3.56. The minimum Gasteiger partial charge on any atom is -0.497 e. The molecule has 0 unspecified atom stereocenters. The average molecular weight is 234 g/mol. The number of nitrogens with one attached hydrogen (secondary N) is 1. The van der Waals surface area contributed by atoms with Gasteiger partial charge in [-0.3, -0.25) is 4.90 Å². The molecule has 0 radical (unpaired) electrons. The Kier molecular flexibility index (Phi) is 4.40. The molecule has 1 saturated heterocycles. The number of methoxy groups -OCH3 is 1. The van der Waals surface area contributed by atoms with Crippen LogP contribution < -0.4 is 10.1 Å². The van der Waals surface area contributed by atoms with Crippen LogP contribution in [0.5, 0.6) is 5.75 Å². The minimum absolute atomic E-state index is 0.710. The molecule has 1 heterocycles. The first-order valence-electron chi connectivity index (χ1n) is 6.34. The molecule has 0 atom stereocenters. The highest BCUT2D eigenvalue weighted by atomic mass is 16.5. The molecule has 2 rings (SSSR count). The van der Waals surface area contributed by atoms with E-state index in [4.69, 9.17) is 4.74 Å². The molecular weight excluding hydrogens is 212 g/mol. The summed E-state index contributed by atoms with van der Waals surface area (Å²) in [6.45, 7) is 3.44. The van der Waals surface area contributed by atoms with Gasteiger partial charge in [0, 0.05) is 12.6 Å². The third kappa shape index (κ3) is 3.45. The lowest BCUT2D eigenvalue weighted by atomic mass is 10.0. The molecule has 1 aliphatic heterocycles. The molecule has 94 valence electrons. The fourth-order valence-corrected chi connectivity index (χ4v) is 2.37. The number of benzene rings is 1. The van der Waals surface area contributed by atoms with Crippen molar-refractivity contribution in [3.8, 4) is 5.75 Å². The van der Waals surface area contributed by atoms with Crippen molar-refractivity contribution in [2.24, 2.45) is 0 Å². The number of piperidine rings is 1. The van der Waals surface area contributed by atoms with Gasteiger partial charge >= 0.3 is 0 Å². The van der Waals surface area contributed by atoms with Crippen molar-refractivity contribution >= 4 is 0 Å². The van der Waals surface area contributed by atoms with E-state index in [0.29, 0.717) is 6.04 Å². The van der Waals surface area contributed by atoms with Gasteiger partial charge in [0.05, 0.1) is 7.11 Å². The molecule has 17 heavy (non-hydrogen) atoms. The average Bonchev–Trinajstić information content (AvgIpc) is 2.40. The molecule has 0 saturated carbocycles. The fourth-order valence-electron chi connectivity index (χ4n) is 2.37. The van der Waals surface area contributed by atoms with Crippen LogP contribution in [0.4, 0.5) is 0 Å². The maximum atomic E-state index is 5.17. The predicted octanol–water partition coefficient (Wildman–Crippen LogP) is 1.88. The van der Waals surface area contributed by atoms with E-state index in [0.717, 1.165) is 12.3 Å². The normalized spacial score (nSPS) is 18.2. The van der Waals surface area contributed by atoms with Gasteiger partial charge in [0.25, 0.3) is 0 Å². The maximum absolute atomic E-state index is 5.17. The Morgan fingerprint density at radius 1 is 1.24 bits per heavy atom. The lowest BCUT2D eigenvalue weighted by Gasteiger charge is -2.31. The summed E-state index contributed by atoms with van der Waals surface area (Å²) in [4.78, 5) is 2.52.